The molecule has 1 unspecified atom stereocenters. The fourth-order valence-electron chi connectivity index (χ4n) is 2.91. The predicted molar refractivity (Wildman–Crippen MR) is 88.0 cm³/mol. The van der Waals surface area contributed by atoms with E-state index in [1.807, 2.05) is 0 Å². The van der Waals surface area contributed by atoms with Crippen LogP contribution in [-0.2, 0) is 25.2 Å². The van der Waals surface area contributed by atoms with Crippen LogP contribution in [0.25, 0.3) is 0 Å². The molecule has 0 bridgehead atoms. The van der Waals surface area contributed by atoms with Gasteiger partial charge >= 0.3 is 0 Å². The van der Waals surface area contributed by atoms with Gasteiger partial charge in [-0.25, -0.2) is 8.42 Å². The molecule has 0 aromatic heterocycles. The summed E-state index contributed by atoms with van der Waals surface area (Å²) in [4.78, 5) is 0. The lowest BCUT2D eigenvalue weighted by Crippen LogP contribution is -2.59. The maximum Gasteiger partial charge on any atom is 0.218 e. The van der Waals surface area contributed by atoms with Crippen LogP contribution in [0.15, 0.2) is 24.3 Å². The summed E-state index contributed by atoms with van der Waals surface area (Å²) in [6, 6.07) is 7.03. The van der Waals surface area contributed by atoms with E-state index in [9.17, 15) is 8.42 Å². The summed E-state index contributed by atoms with van der Waals surface area (Å²) < 4.78 is 38.5. The van der Waals surface area contributed by atoms with E-state index in [4.69, 9.17) is 21.1 Å². The number of nitrogens with one attached hydrogen (secondary N) is 1. The van der Waals surface area contributed by atoms with Crippen LogP contribution in [0.2, 0.25) is 5.02 Å². The fraction of sp³-hybridized carbons (Fsp3) is 0.600. The van der Waals surface area contributed by atoms with Crippen molar-refractivity contribution in [2.45, 2.75) is 11.4 Å². The molecule has 128 valence electrons. The van der Waals surface area contributed by atoms with Crippen LogP contribution < -0.4 is 5.32 Å². The van der Waals surface area contributed by atoms with Gasteiger partial charge in [0, 0.05) is 31.2 Å². The van der Waals surface area contributed by atoms with E-state index in [0.29, 0.717) is 50.0 Å². The van der Waals surface area contributed by atoms with Gasteiger partial charge in [0.2, 0.25) is 10.0 Å². The first-order valence-electron chi connectivity index (χ1n) is 7.64. The largest absolute Gasteiger partial charge is 0.377 e. The van der Waals surface area contributed by atoms with E-state index in [2.05, 4.69) is 5.32 Å². The Labute approximate surface area is 141 Å². The monoisotopic (exact) mass is 360 g/mol. The topological polar surface area (TPSA) is 67.9 Å². The standard InChI is InChI=1S/C15H21ClN2O4S/c16-14-4-2-1-3-13(14)9-23(19,20)18-6-8-22-15(11-18)10-17-5-7-21-12-15/h1-4,17H,5-12H2. The molecule has 0 aliphatic carbocycles. The van der Waals surface area contributed by atoms with E-state index >= 15 is 0 Å². The summed E-state index contributed by atoms with van der Waals surface area (Å²) in [6.45, 7) is 3.37. The van der Waals surface area contributed by atoms with Crippen molar-refractivity contribution < 1.29 is 17.9 Å². The SMILES string of the molecule is O=S(=O)(Cc1ccccc1Cl)N1CCOC2(CNCCOC2)C1. The summed E-state index contributed by atoms with van der Waals surface area (Å²) in [5.74, 6) is -0.100. The molecule has 6 nitrogen and oxygen atoms in total. The third kappa shape index (κ3) is 4.04. The zero-order valence-electron chi connectivity index (χ0n) is 12.8. The molecular weight excluding hydrogens is 340 g/mol. The second-order valence-electron chi connectivity index (χ2n) is 5.94. The van der Waals surface area contributed by atoms with E-state index in [1.165, 1.54) is 4.31 Å². The molecule has 1 spiro atoms. The molecule has 1 N–H and O–H groups in total. The highest BCUT2D eigenvalue weighted by molar-refractivity contribution is 7.88. The minimum atomic E-state index is -3.46. The van der Waals surface area contributed by atoms with Crippen molar-refractivity contribution in [2.24, 2.45) is 0 Å². The van der Waals surface area contributed by atoms with Crippen LogP contribution in [0.1, 0.15) is 5.56 Å². The molecular formula is C15H21ClN2O4S. The van der Waals surface area contributed by atoms with Crippen LogP contribution in [0, 0.1) is 0 Å². The summed E-state index contributed by atoms with van der Waals surface area (Å²) in [6.07, 6.45) is 0. The van der Waals surface area contributed by atoms with Gasteiger partial charge in [0.1, 0.15) is 5.60 Å². The number of ether oxygens (including phenoxy) is 2. The van der Waals surface area contributed by atoms with Crippen LogP contribution in [-0.4, -0.2) is 64.3 Å². The van der Waals surface area contributed by atoms with Crippen molar-refractivity contribution in [1.29, 1.82) is 0 Å². The van der Waals surface area contributed by atoms with Crippen LogP contribution in [0.4, 0.5) is 0 Å². The first-order chi connectivity index (χ1) is 11.0. The molecule has 0 amide bonds. The van der Waals surface area contributed by atoms with Gasteiger partial charge in [-0.1, -0.05) is 29.8 Å². The van der Waals surface area contributed by atoms with Gasteiger partial charge in [0.15, 0.2) is 0 Å². The molecule has 2 aliphatic rings. The Morgan fingerprint density at radius 2 is 2.13 bits per heavy atom. The lowest BCUT2D eigenvalue weighted by Gasteiger charge is -2.41. The van der Waals surface area contributed by atoms with Gasteiger partial charge in [0.05, 0.1) is 25.6 Å². The van der Waals surface area contributed by atoms with Crippen LogP contribution in [0.3, 0.4) is 0 Å². The molecule has 0 saturated carbocycles. The molecule has 2 fully saturated rings. The number of hydrogen-bond acceptors (Lipinski definition) is 5. The second kappa shape index (κ2) is 7.04. The third-order valence-electron chi connectivity index (χ3n) is 4.14. The fourth-order valence-corrected chi connectivity index (χ4v) is 4.81. The molecule has 0 radical (unpaired) electrons. The first kappa shape index (κ1) is 17.1. The van der Waals surface area contributed by atoms with Crippen LogP contribution >= 0.6 is 11.6 Å². The summed E-state index contributed by atoms with van der Waals surface area (Å²) >= 11 is 6.10. The quantitative estimate of drug-likeness (QED) is 0.866. The van der Waals surface area contributed by atoms with Crippen molar-refractivity contribution in [3.8, 4) is 0 Å². The number of halogens is 1. The Morgan fingerprint density at radius 3 is 2.96 bits per heavy atom. The van der Waals surface area contributed by atoms with E-state index in [1.54, 1.807) is 24.3 Å². The van der Waals surface area contributed by atoms with Gasteiger partial charge in [-0.3, -0.25) is 0 Å². The van der Waals surface area contributed by atoms with E-state index in [0.717, 1.165) is 6.54 Å². The van der Waals surface area contributed by atoms with Crippen molar-refractivity contribution in [3.05, 3.63) is 34.9 Å². The zero-order valence-corrected chi connectivity index (χ0v) is 14.4. The third-order valence-corrected chi connectivity index (χ3v) is 6.28. The number of rotatable bonds is 3. The lowest BCUT2D eigenvalue weighted by molar-refractivity contribution is -0.118. The molecule has 1 atom stereocenters. The van der Waals surface area contributed by atoms with Gasteiger partial charge < -0.3 is 14.8 Å². The molecule has 1 aromatic rings. The van der Waals surface area contributed by atoms with Crippen molar-refractivity contribution in [3.63, 3.8) is 0 Å². The van der Waals surface area contributed by atoms with Crippen LogP contribution in [0.5, 0.6) is 0 Å². The number of morpholine rings is 1. The summed E-state index contributed by atoms with van der Waals surface area (Å²) in [7, 11) is -3.46. The number of nitrogens with zero attached hydrogens (tertiary/aromatic N) is 1. The van der Waals surface area contributed by atoms with Gasteiger partial charge in [0.25, 0.3) is 0 Å². The van der Waals surface area contributed by atoms with E-state index in [-0.39, 0.29) is 5.75 Å². The number of sulfonamides is 1. The van der Waals surface area contributed by atoms with Crippen molar-refractivity contribution >= 4 is 21.6 Å². The Kier molecular flexibility index (Phi) is 5.25. The molecule has 2 saturated heterocycles. The highest BCUT2D eigenvalue weighted by Gasteiger charge is 2.41. The minimum absolute atomic E-state index is 0.100. The molecule has 8 heteroatoms. The second-order valence-corrected chi connectivity index (χ2v) is 8.32. The zero-order chi connectivity index (χ0) is 16.3. The lowest BCUT2D eigenvalue weighted by atomic mass is 10.0. The van der Waals surface area contributed by atoms with Gasteiger partial charge in [-0.05, 0) is 11.6 Å². The average Bonchev–Trinajstić information content (AvgIpc) is 2.75. The maximum atomic E-state index is 12.8. The summed E-state index contributed by atoms with van der Waals surface area (Å²) in [5, 5.41) is 3.72. The number of benzene rings is 1. The van der Waals surface area contributed by atoms with Gasteiger partial charge in [-0.15, -0.1) is 0 Å². The minimum Gasteiger partial charge on any atom is -0.377 e. The van der Waals surface area contributed by atoms with Gasteiger partial charge in [-0.2, -0.15) is 4.31 Å². The molecule has 1 aromatic carbocycles. The molecule has 23 heavy (non-hydrogen) atoms. The highest BCUT2D eigenvalue weighted by Crippen LogP contribution is 2.25. The predicted octanol–water partition coefficient (Wildman–Crippen LogP) is 0.861. The van der Waals surface area contributed by atoms with Crippen molar-refractivity contribution in [2.75, 3.05) is 46.0 Å². The average molecular weight is 361 g/mol. The first-order valence-corrected chi connectivity index (χ1v) is 9.63. The molecule has 2 aliphatic heterocycles. The number of hydrogen-bond donors (Lipinski definition) is 1. The Hall–Kier alpha value is -0.700. The maximum absolute atomic E-state index is 12.8. The summed E-state index contributed by atoms with van der Waals surface area (Å²) in [5.41, 5.74) is 0.00687. The Balaban J connectivity index is 1.75. The smallest absolute Gasteiger partial charge is 0.218 e. The van der Waals surface area contributed by atoms with E-state index < -0.39 is 15.6 Å². The molecule has 2 heterocycles. The Morgan fingerprint density at radius 1 is 1.30 bits per heavy atom. The van der Waals surface area contributed by atoms with Crippen molar-refractivity contribution in [1.82, 2.24) is 9.62 Å². The normalized spacial score (nSPS) is 27.0. The Bertz CT molecular complexity index is 645. The highest BCUT2D eigenvalue weighted by atomic mass is 35.5. The molecule has 3 rings (SSSR count).